The predicted octanol–water partition coefficient (Wildman–Crippen LogP) is 5.10. The Labute approximate surface area is 123 Å². The molecule has 0 unspecified atom stereocenters. The summed E-state index contributed by atoms with van der Waals surface area (Å²) in [6, 6.07) is 3.73. The molecule has 1 saturated carbocycles. The molecule has 104 valence electrons. The smallest absolute Gasteiger partial charge is 0.336 e. The molecule has 0 amide bonds. The normalized spacial score (nSPS) is 16.8. The number of rotatable bonds is 2. The van der Waals surface area contributed by atoms with E-state index in [9.17, 15) is 9.90 Å². The lowest BCUT2D eigenvalue weighted by Gasteiger charge is -2.27. The number of carboxylic acids is 1. The Kier molecular flexibility index (Phi) is 4.05. The van der Waals surface area contributed by atoms with Crippen molar-refractivity contribution in [1.29, 1.82) is 0 Å². The topological polar surface area (TPSA) is 37.3 Å². The molecule has 1 N–H and O–H groups in total. The van der Waals surface area contributed by atoms with Gasteiger partial charge in [-0.2, -0.15) is 0 Å². The molecule has 0 atom stereocenters. The summed E-state index contributed by atoms with van der Waals surface area (Å²) >= 11 is 3.55. The van der Waals surface area contributed by atoms with Crippen molar-refractivity contribution in [3.63, 3.8) is 0 Å². The number of carboxylic acid groups (broad SMARTS) is 1. The summed E-state index contributed by atoms with van der Waals surface area (Å²) in [6.45, 7) is 6.56. The van der Waals surface area contributed by atoms with E-state index in [-0.39, 0.29) is 5.41 Å². The highest BCUT2D eigenvalue weighted by atomic mass is 79.9. The molecule has 0 aliphatic heterocycles. The van der Waals surface area contributed by atoms with Gasteiger partial charge in [0.1, 0.15) is 0 Å². The van der Waals surface area contributed by atoms with Crippen molar-refractivity contribution in [1.82, 2.24) is 0 Å². The SMILES string of the molecule is CC(C)(C)c1ccc(C(=O)O)c(Br)c1C1CCCC1. The van der Waals surface area contributed by atoms with Crippen LogP contribution in [0.25, 0.3) is 0 Å². The first-order chi connectivity index (χ1) is 8.82. The zero-order valence-corrected chi connectivity index (χ0v) is 13.4. The van der Waals surface area contributed by atoms with Crippen LogP contribution in [0.2, 0.25) is 0 Å². The lowest BCUT2D eigenvalue weighted by molar-refractivity contribution is 0.0695. The van der Waals surface area contributed by atoms with E-state index in [0.29, 0.717) is 11.5 Å². The average molecular weight is 325 g/mol. The zero-order chi connectivity index (χ0) is 14.2. The van der Waals surface area contributed by atoms with Gasteiger partial charge in [0, 0.05) is 4.47 Å². The highest BCUT2D eigenvalue weighted by molar-refractivity contribution is 9.10. The molecule has 3 heteroatoms. The maximum atomic E-state index is 11.3. The third kappa shape index (κ3) is 2.86. The van der Waals surface area contributed by atoms with Crippen LogP contribution in [0, 0.1) is 0 Å². The van der Waals surface area contributed by atoms with Gasteiger partial charge in [0.25, 0.3) is 0 Å². The molecule has 0 heterocycles. The largest absolute Gasteiger partial charge is 0.478 e. The van der Waals surface area contributed by atoms with E-state index in [1.54, 1.807) is 6.07 Å². The van der Waals surface area contributed by atoms with Gasteiger partial charge >= 0.3 is 5.97 Å². The standard InChI is InChI=1S/C16H21BrO2/c1-16(2,3)12-9-8-11(15(18)19)14(17)13(12)10-6-4-5-7-10/h8-10H,4-7H2,1-3H3,(H,18,19). The summed E-state index contributed by atoms with van der Waals surface area (Å²) in [5.41, 5.74) is 2.92. The quantitative estimate of drug-likeness (QED) is 0.821. The van der Waals surface area contributed by atoms with E-state index in [4.69, 9.17) is 0 Å². The maximum absolute atomic E-state index is 11.3. The van der Waals surface area contributed by atoms with Crippen LogP contribution in [0.4, 0.5) is 0 Å². The summed E-state index contributed by atoms with van der Waals surface area (Å²) in [7, 11) is 0. The lowest BCUT2D eigenvalue weighted by atomic mass is 9.79. The summed E-state index contributed by atoms with van der Waals surface area (Å²) in [6.07, 6.45) is 4.84. The number of hydrogen-bond acceptors (Lipinski definition) is 1. The van der Waals surface area contributed by atoms with E-state index in [0.717, 1.165) is 4.47 Å². The molecule has 1 aromatic rings. The van der Waals surface area contributed by atoms with Gasteiger partial charge in [-0.25, -0.2) is 4.79 Å². The van der Waals surface area contributed by atoms with Crippen molar-refractivity contribution in [2.45, 2.75) is 57.8 Å². The molecular weight excluding hydrogens is 304 g/mol. The second kappa shape index (κ2) is 5.28. The van der Waals surface area contributed by atoms with Gasteiger partial charge in [-0.15, -0.1) is 0 Å². The number of aromatic carboxylic acids is 1. The highest BCUT2D eigenvalue weighted by Gasteiger charge is 2.29. The summed E-state index contributed by atoms with van der Waals surface area (Å²) in [5.74, 6) is -0.352. The van der Waals surface area contributed by atoms with Crippen LogP contribution >= 0.6 is 15.9 Å². The summed E-state index contributed by atoms with van der Waals surface area (Å²) in [4.78, 5) is 11.3. The van der Waals surface area contributed by atoms with Crippen molar-refractivity contribution in [3.8, 4) is 0 Å². The Balaban J connectivity index is 2.62. The minimum atomic E-state index is -0.855. The van der Waals surface area contributed by atoms with Gasteiger partial charge in [0.2, 0.25) is 0 Å². The van der Waals surface area contributed by atoms with Crippen LogP contribution < -0.4 is 0 Å². The molecule has 1 aliphatic carbocycles. The molecule has 2 rings (SSSR count). The lowest BCUT2D eigenvalue weighted by Crippen LogP contribution is -2.17. The van der Waals surface area contributed by atoms with Crippen molar-refractivity contribution < 1.29 is 9.90 Å². The van der Waals surface area contributed by atoms with E-state index in [1.165, 1.54) is 36.8 Å². The molecule has 19 heavy (non-hydrogen) atoms. The van der Waals surface area contributed by atoms with Gasteiger partial charge in [-0.05, 0) is 57.3 Å². The third-order valence-electron chi connectivity index (χ3n) is 3.98. The average Bonchev–Trinajstić information content (AvgIpc) is 2.79. The minimum Gasteiger partial charge on any atom is -0.478 e. The number of hydrogen-bond donors (Lipinski definition) is 1. The Morgan fingerprint density at radius 3 is 2.32 bits per heavy atom. The fourth-order valence-corrected chi connectivity index (χ4v) is 3.86. The van der Waals surface area contributed by atoms with Crippen LogP contribution in [0.15, 0.2) is 16.6 Å². The Morgan fingerprint density at radius 2 is 1.84 bits per heavy atom. The first kappa shape index (κ1) is 14.6. The highest BCUT2D eigenvalue weighted by Crippen LogP contribution is 2.44. The van der Waals surface area contributed by atoms with E-state index >= 15 is 0 Å². The van der Waals surface area contributed by atoms with E-state index in [1.807, 2.05) is 6.07 Å². The number of benzene rings is 1. The zero-order valence-electron chi connectivity index (χ0n) is 11.8. The number of halogens is 1. The fourth-order valence-electron chi connectivity index (χ4n) is 3.03. The van der Waals surface area contributed by atoms with Crippen LogP contribution in [0.3, 0.4) is 0 Å². The van der Waals surface area contributed by atoms with Crippen molar-refractivity contribution in [2.75, 3.05) is 0 Å². The van der Waals surface area contributed by atoms with Crippen LogP contribution in [0.5, 0.6) is 0 Å². The van der Waals surface area contributed by atoms with Gasteiger partial charge in [0.15, 0.2) is 0 Å². The van der Waals surface area contributed by atoms with E-state index < -0.39 is 5.97 Å². The van der Waals surface area contributed by atoms with Crippen LogP contribution in [0.1, 0.15) is 73.9 Å². The molecule has 0 aromatic heterocycles. The molecule has 0 bridgehead atoms. The van der Waals surface area contributed by atoms with E-state index in [2.05, 4.69) is 36.7 Å². The van der Waals surface area contributed by atoms with Crippen molar-refractivity contribution in [3.05, 3.63) is 33.3 Å². The summed E-state index contributed by atoms with van der Waals surface area (Å²) < 4.78 is 0.791. The molecular formula is C16H21BrO2. The van der Waals surface area contributed by atoms with Crippen molar-refractivity contribution >= 4 is 21.9 Å². The molecule has 1 aromatic carbocycles. The number of carbonyl (C=O) groups is 1. The molecule has 1 fully saturated rings. The first-order valence-corrected chi connectivity index (χ1v) is 7.68. The van der Waals surface area contributed by atoms with Crippen LogP contribution in [-0.2, 0) is 5.41 Å². The van der Waals surface area contributed by atoms with Gasteiger partial charge in [-0.3, -0.25) is 0 Å². The van der Waals surface area contributed by atoms with Gasteiger partial charge < -0.3 is 5.11 Å². The Morgan fingerprint density at radius 1 is 1.26 bits per heavy atom. The molecule has 2 nitrogen and oxygen atoms in total. The minimum absolute atomic E-state index is 0.0392. The first-order valence-electron chi connectivity index (χ1n) is 6.88. The second-order valence-corrected chi connectivity index (χ2v) is 7.22. The van der Waals surface area contributed by atoms with Crippen LogP contribution in [-0.4, -0.2) is 11.1 Å². The predicted molar refractivity (Wildman–Crippen MR) is 81.0 cm³/mol. The van der Waals surface area contributed by atoms with Gasteiger partial charge in [0.05, 0.1) is 5.56 Å². The third-order valence-corrected chi connectivity index (χ3v) is 4.84. The molecule has 0 radical (unpaired) electrons. The van der Waals surface area contributed by atoms with Gasteiger partial charge in [-0.1, -0.05) is 39.7 Å². The second-order valence-electron chi connectivity index (χ2n) is 6.42. The Hall–Kier alpha value is -0.830. The summed E-state index contributed by atoms with van der Waals surface area (Å²) in [5, 5.41) is 9.30. The maximum Gasteiger partial charge on any atom is 0.336 e. The molecule has 0 spiro atoms. The van der Waals surface area contributed by atoms with Crippen molar-refractivity contribution in [2.24, 2.45) is 0 Å². The molecule has 0 saturated heterocycles. The molecule has 1 aliphatic rings. The monoisotopic (exact) mass is 324 g/mol. The Bertz CT molecular complexity index is 494. The fraction of sp³-hybridized carbons (Fsp3) is 0.562.